The quantitative estimate of drug-likeness (QED) is 0.789. The highest BCUT2D eigenvalue weighted by Gasteiger charge is 2.31. The van der Waals surface area contributed by atoms with Crippen molar-refractivity contribution in [3.63, 3.8) is 0 Å². The summed E-state index contributed by atoms with van der Waals surface area (Å²) in [6.07, 6.45) is -4.39. The van der Waals surface area contributed by atoms with Gasteiger partial charge in [-0.15, -0.1) is 11.3 Å². The summed E-state index contributed by atoms with van der Waals surface area (Å²) in [5, 5.41) is 4.21. The van der Waals surface area contributed by atoms with Crippen LogP contribution in [-0.4, -0.2) is 4.98 Å². The van der Waals surface area contributed by atoms with E-state index in [1.807, 2.05) is 20.8 Å². The minimum Gasteiger partial charge on any atom is -0.376 e. The minimum absolute atomic E-state index is 0.169. The highest BCUT2D eigenvalue weighted by Crippen LogP contribution is 2.36. The molecule has 2 aromatic rings. The van der Waals surface area contributed by atoms with Crippen molar-refractivity contribution in [2.75, 3.05) is 5.32 Å². The van der Waals surface area contributed by atoms with E-state index in [1.165, 1.54) is 17.4 Å². The molecule has 0 amide bonds. The molecule has 0 radical (unpaired) electrons. The Balaban J connectivity index is 2.28. The van der Waals surface area contributed by atoms with Crippen LogP contribution in [0.15, 0.2) is 18.2 Å². The number of aryl methyl sites for hydroxylation is 2. The molecule has 1 heterocycles. The van der Waals surface area contributed by atoms with Crippen LogP contribution >= 0.6 is 22.9 Å². The molecule has 1 aromatic carbocycles. The van der Waals surface area contributed by atoms with Crippen molar-refractivity contribution in [3.05, 3.63) is 44.4 Å². The zero-order chi connectivity index (χ0) is 15.8. The molecule has 0 saturated carbocycles. The summed E-state index contributed by atoms with van der Waals surface area (Å²) >= 11 is 7.50. The van der Waals surface area contributed by atoms with Crippen LogP contribution in [0.5, 0.6) is 0 Å². The third-order valence-electron chi connectivity index (χ3n) is 3.00. The minimum atomic E-state index is -4.39. The third kappa shape index (κ3) is 3.68. The Morgan fingerprint density at radius 1 is 1.29 bits per heavy atom. The molecule has 0 bridgehead atoms. The Bertz CT molecular complexity index is 652. The number of anilines is 1. The van der Waals surface area contributed by atoms with Crippen molar-refractivity contribution in [1.82, 2.24) is 4.98 Å². The summed E-state index contributed by atoms with van der Waals surface area (Å²) < 4.78 is 38.2. The van der Waals surface area contributed by atoms with E-state index < -0.39 is 11.7 Å². The number of aromatic nitrogens is 1. The first-order chi connectivity index (χ1) is 9.68. The number of rotatable bonds is 3. The molecule has 1 aromatic heterocycles. The Morgan fingerprint density at radius 2 is 1.95 bits per heavy atom. The van der Waals surface area contributed by atoms with Gasteiger partial charge in [-0.1, -0.05) is 11.6 Å². The lowest BCUT2D eigenvalue weighted by molar-refractivity contribution is -0.137. The smallest absolute Gasteiger partial charge is 0.376 e. The molecular formula is C14H14ClF3N2S. The molecule has 1 atom stereocenters. The molecule has 2 nitrogen and oxygen atoms in total. The number of halogens is 4. The van der Waals surface area contributed by atoms with Crippen LogP contribution in [0.4, 0.5) is 18.9 Å². The second-order valence-electron chi connectivity index (χ2n) is 4.74. The number of alkyl halides is 3. The molecule has 0 fully saturated rings. The Morgan fingerprint density at radius 3 is 2.48 bits per heavy atom. The Kier molecular flexibility index (Phi) is 4.49. The molecule has 21 heavy (non-hydrogen) atoms. The lowest BCUT2D eigenvalue weighted by Gasteiger charge is -2.17. The van der Waals surface area contributed by atoms with E-state index in [1.54, 1.807) is 0 Å². The van der Waals surface area contributed by atoms with E-state index >= 15 is 0 Å². The number of benzene rings is 1. The number of nitrogens with zero attached hydrogens (tertiary/aromatic N) is 1. The van der Waals surface area contributed by atoms with Gasteiger partial charge in [-0.3, -0.25) is 0 Å². The van der Waals surface area contributed by atoms with Crippen molar-refractivity contribution >= 4 is 28.6 Å². The third-order valence-corrected chi connectivity index (χ3v) is 4.58. The predicted molar refractivity (Wildman–Crippen MR) is 80.1 cm³/mol. The van der Waals surface area contributed by atoms with E-state index in [9.17, 15) is 13.2 Å². The van der Waals surface area contributed by atoms with Crippen molar-refractivity contribution in [2.24, 2.45) is 0 Å². The molecule has 114 valence electrons. The van der Waals surface area contributed by atoms with Gasteiger partial charge in [-0.25, -0.2) is 4.98 Å². The van der Waals surface area contributed by atoms with Gasteiger partial charge in [-0.2, -0.15) is 13.2 Å². The Hall–Kier alpha value is -1.27. The van der Waals surface area contributed by atoms with Crippen molar-refractivity contribution in [2.45, 2.75) is 33.0 Å². The molecule has 0 spiro atoms. The molecule has 2 rings (SSSR count). The van der Waals surface area contributed by atoms with Gasteiger partial charge < -0.3 is 5.32 Å². The summed E-state index contributed by atoms with van der Waals surface area (Å²) in [5.74, 6) is 0. The maximum Gasteiger partial charge on any atom is 0.416 e. The molecular weight excluding hydrogens is 321 g/mol. The SMILES string of the molecule is Cc1nc(C)c(C(C)Nc2cc(C(F)(F)F)ccc2Cl)s1. The largest absolute Gasteiger partial charge is 0.416 e. The fourth-order valence-electron chi connectivity index (χ4n) is 2.06. The van der Waals surface area contributed by atoms with Crippen LogP contribution in [0, 0.1) is 13.8 Å². The first-order valence-electron chi connectivity index (χ1n) is 6.25. The first-order valence-corrected chi connectivity index (χ1v) is 7.45. The zero-order valence-corrected chi connectivity index (χ0v) is 13.2. The molecule has 0 saturated heterocycles. The maximum absolute atomic E-state index is 12.7. The topological polar surface area (TPSA) is 24.9 Å². The van der Waals surface area contributed by atoms with E-state index in [4.69, 9.17) is 11.6 Å². The van der Waals surface area contributed by atoms with Gasteiger partial charge in [0.05, 0.1) is 33.0 Å². The van der Waals surface area contributed by atoms with Crippen molar-refractivity contribution in [3.8, 4) is 0 Å². The highest BCUT2D eigenvalue weighted by atomic mass is 35.5. The number of hydrogen-bond acceptors (Lipinski definition) is 3. The number of thiazole rings is 1. The van der Waals surface area contributed by atoms with Crippen LogP contribution in [0.25, 0.3) is 0 Å². The fourth-order valence-corrected chi connectivity index (χ4v) is 3.16. The van der Waals surface area contributed by atoms with Crippen LogP contribution in [0.3, 0.4) is 0 Å². The van der Waals surface area contributed by atoms with Crippen LogP contribution in [0.1, 0.15) is 34.1 Å². The number of nitrogens with one attached hydrogen (secondary N) is 1. The van der Waals surface area contributed by atoms with E-state index in [2.05, 4.69) is 10.3 Å². The lowest BCUT2D eigenvalue weighted by Crippen LogP contribution is -2.09. The molecule has 1 unspecified atom stereocenters. The second-order valence-corrected chi connectivity index (χ2v) is 6.38. The molecule has 0 aliphatic heterocycles. The Labute approximate surface area is 130 Å². The van der Waals surface area contributed by atoms with Gasteiger partial charge >= 0.3 is 6.18 Å². The van der Waals surface area contributed by atoms with Crippen molar-refractivity contribution < 1.29 is 13.2 Å². The molecule has 1 N–H and O–H groups in total. The zero-order valence-electron chi connectivity index (χ0n) is 11.7. The monoisotopic (exact) mass is 334 g/mol. The van der Waals surface area contributed by atoms with Gasteiger partial charge in [-0.05, 0) is 39.0 Å². The van der Waals surface area contributed by atoms with Gasteiger partial charge in [0.15, 0.2) is 0 Å². The van der Waals surface area contributed by atoms with Gasteiger partial charge in [0, 0.05) is 4.88 Å². The summed E-state index contributed by atoms with van der Waals surface area (Å²) in [7, 11) is 0. The average molecular weight is 335 g/mol. The molecule has 0 aliphatic carbocycles. The van der Waals surface area contributed by atoms with Gasteiger partial charge in [0.1, 0.15) is 0 Å². The highest BCUT2D eigenvalue weighted by molar-refractivity contribution is 7.11. The summed E-state index contributed by atoms with van der Waals surface area (Å²) in [5.41, 5.74) is 0.420. The average Bonchev–Trinajstić information content (AvgIpc) is 2.70. The van der Waals surface area contributed by atoms with Crippen LogP contribution < -0.4 is 5.32 Å². The summed E-state index contributed by atoms with van der Waals surface area (Å²) in [6.45, 7) is 5.65. The standard InChI is InChI=1S/C14H14ClF3N2S/c1-7-13(21-9(3)19-7)8(2)20-12-6-10(14(16,17)18)4-5-11(12)15/h4-6,8,20H,1-3H3. The van der Waals surface area contributed by atoms with E-state index in [0.29, 0.717) is 0 Å². The summed E-state index contributed by atoms with van der Waals surface area (Å²) in [4.78, 5) is 5.31. The van der Waals surface area contributed by atoms with Gasteiger partial charge in [0.25, 0.3) is 0 Å². The predicted octanol–water partition coefficient (Wildman–Crippen LogP) is 5.61. The molecule has 7 heteroatoms. The molecule has 0 aliphatic rings. The number of hydrogen-bond donors (Lipinski definition) is 1. The van der Waals surface area contributed by atoms with E-state index in [0.717, 1.165) is 27.7 Å². The summed E-state index contributed by atoms with van der Waals surface area (Å²) in [6, 6.07) is 3.09. The normalized spacial score (nSPS) is 13.3. The first kappa shape index (κ1) is 16.1. The van der Waals surface area contributed by atoms with Crippen LogP contribution in [-0.2, 0) is 6.18 Å². The fraction of sp³-hybridized carbons (Fsp3) is 0.357. The lowest BCUT2D eigenvalue weighted by atomic mass is 10.1. The van der Waals surface area contributed by atoms with Gasteiger partial charge in [0.2, 0.25) is 0 Å². The van der Waals surface area contributed by atoms with Crippen LogP contribution in [0.2, 0.25) is 5.02 Å². The van der Waals surface area contributed by atoms with Crippen molar-refractivity contribution in [1.29, 1.82) is 0 Å². The maximum atomic E-state index is 12.7. The van der Waals surface area contributed by atoms with E-state index in [-0.39, 0.29) is 16.8 Å². The second kappa shape index (κ2) is 5.85.